The van der Waals surface area contributed by atoms with Crippen LogP contribution in [-0.2, 0) is 10.9 Å². The normalized spacial score (nSPS) is 11.8. The van der Waals surface area contributed by atoms with Crippen LogP contribution in [-0.4, -0.2) is 27.2 Å². The topological polar surface area (TPSA) is 76.5 Å². The van der Waals surface area contributed by atoms with E-state index in [1.807, 2.05) is 0 Å². The maximum absolute atomic E-state index is 13.5. The first kappa shape index (κ1) is 18.6. The SMILES string of the molecule is CCOC(=O)c1nn2cc(-c3ccc(F)c(C)c3)[nH]c(=O)c2c1C(F)(F)F. The maximum Gasteiger partial charge on any atom is 0.421 e. The van der Waals surface area contributed by atoms with E-state index in [9.17, 15) is 27.2 Å². The lowest BCUT2D eigenvalue weighted by molar-refractivity contribution is -0.136. The Morgan fingerprint density at radius 1 is 1.33 bits per heavy atom. The molecule has 0 aliphatic carbocycles. The molecule has 3 rings (SSSR count). The molecule has 0 bridgehead atoms. The predicted molar refractivity (Wildman–Crippen MR) is 86.9 cm³/mol. The molecule has 0 amide bonds. The lowest BCUT2D eigenvalue weighted by Gasteiger charge is -2.07. The number of aromatic nitrogens is 3. The molecule has 3 aromatic rings. The summed E-state index contributed by atoms with van der Waals surface area (Å²) in [4.78, 5) is 26.5. The zero-order valence-corrected chi connectivity index (χ0v) is 14.1. The first-order valence-corrected chi connectivity index (χ1v) is 7.80. The summed E-state index contributed by atoms with van der Waals surface area (Å²) < 4.78 is 59.1. The number of carbonyl (C=O) groups is 1. The molecule has 0 aliphatic heterocycles. The second kappa shape index (κ2) is 6.53. The zero-order valence-electron chi connectivity index (χ0n) is 14.1. The molecule has 0 fully saturated rings. The molecule has 0 unspecified atom stereocenters. The molecular formula is C17H13F4N3O3. The lowest BCUT2D eigenvalue weighted by Crippen LogP contribution is -2.18. The Hall–Kier alpha value is -3.17. The fraction of sp³-hybridized carbons (Fsp3) is 0.235. The van der Waals surface area contributed by atoms with Gasteiger partial charge in [0, 0.05) is 5.56 Å². The van der Waals surface area contributed by atoms with Gasteiger partial charge in [0.1, 0.15) is 16.9 Å². The first-order chi connectivity index (χ1) is 12.6. The zero-order chi connectivity index (χ0) is 19.9. The number of halogens is 4. The highest BCUT2D eigenvalue weighted by Gasteiger charge is 2.42. The number of rotatable bonds is 3. The number of fused-ring (bicyclic) bond motifs is 1. The van der Waals surface area contributed by atoms with E-state index in [1.54, 1.807) is 0 Å². The number of carbonyl (C=O) groups excluding carboxylic acids is 1. The standard InChI is InChI=1S/C17H13F4N3O3/c1-3-27-16(26)13-12(17(19,20)21)14-15(25)22-11(7-24(14)23-13)9-4-5-10(18)8(2)6-9/h4-7H,3H2,1-2H3,(H,22,25). The first-order valence-electron chi connectivity index (χ1n) is 7.80. The summed E-state index contributed by atoms with van der Waals surface area (Å²) in [5.74, 6) is -1.75. The Morgan fingerprint density at radius 3 is 2.63 bits per heavy atom. The number of nitrogens with one attached hydrogen (secondary N) is 1. The smallest absolute Gasteiger partial charge is 0.421 e. The minimum Gasteiger partial charge on any atom is -0.461 e. The Labute approximate surface area is 149 Å². The van der Waals surface area contributed by atoms with Gasteiger partial charge in [0.05, 0.1) is 18.5 Å². The number of H-pyrrole nitrogens is 1. The Bertz CT molecular complexity index is 1100. The molecule has 0 saturated heterocycles. The summed E-state index contributed by atoms with van der Waals surface area (Å²) in [7, 11) is 0. The highest BCUT2D eigenvalue weighted by atomic mass is 19.4. The number of alkyl halides is 3. The van der Waals surface area contributed by atoms with Crippen LogP contribution >= 0.6 is 0 Å². The highest BCUT2D eigenvalue weighted by Crippen LogP contribution is 2.34. The van der Waals surface area contributed by atoms with E-state index in [2.05, 4.69) is 14.8 Å². The molecule has 10 heteroatoms. The Morgan fingerprint density at radius 2 is 2.04 bits per heavy atom. The van der Waals surface area contributed by atoms with E-state index in [0.29, 0.717) is 10.1 Å². The van der Waals surface area contributed by atoms with Crippen molar-refractivity contribution in [3.63, 3.8) is 0 Å². The van der Waals surface area contributed by atoms with Crippen LogP contribution in [0.5, 0.6) is 0 Å². The molecule has 6 nitrogen and oxygen atoms in total. The molecule has 1 aromatic carbocycles. The quantitative estimate of drug-likeness (QED) is 0.556. The van der Waals surface area contributed by atoms with Crippen molar-refractivity contribution in [2.45, 2.75) is 20.0 Å². The summed E-state index contributed by atoms with van der Waals surface area (Å²) in [6.45, 7) is 2.78. The van der Waals surface area contributed by atoms with Gasteiger partial charge in [-0.3, -0.25) is 4.79 Å². The van der Waals surface area contributed by atoms with Gasteiger partial charge in [-0.05, 0) is 37.6 Å². The molecule has 2 aromatic heterocycles. The second-order valence-corrected chi connectivity index (χ2v) is 5.70. The summed E-state index contributed by atoms with van der Waals surface area (Å²) >= 11 is 0. The van der Waals surface area contributed by atoms with Crippen molar-refractivity contribution < 1.29 is 27.1 Å². The molecule has 0 aliphatic rings. The van der Waals surface area contributed by atoms with Crippen molar-refractivity contribution in [2.75, 3.05) is 6.61 Å². The molecule has 1 N–H and O–H groups in total. The van der Waals surface area contributed by atoms with Crippen LogP contribution in [0.15, 0.2) is 29.2 Å². The molecule has 142 valence electrons. The van der Waals surface area contributed by atoms with Gasteiger partial charge in [0.2, 0.25) is 0 Å². The fourth-order valence-electron chi connectivity index (χ4n) is 2.65. The summed E-state index contributed by atoms with van der Waals surface area (Å²) in [5, 5.41) is 3.61. The van der Waals surface area contributed by atoms with Crippen molar-refractivity contribution >= 4 is 11.5 Å². The number of nitrogens with zero attached hydrogens (tertiary/aromatic N) is 2. The van der Waals surface area contributed by atoms with Gasteiger partial charge in [0.15, 0.2) is 5.69 Å². The number of aryl methyl sites for hydroxylation is 1. The fourth-order valence-corrected chi connectivity index (χ4v) is 2.65. The minimum atomic E-state index is -5.00. The third kappa shape index (κ3) is 3.29. The van der Waals surface area contributed by atoms with Crippen molar-refractivity contribution in [3.05, 3.63) is 57.4 Å². The van der Waals surface area contributed by atoms with E-state index in [4.69, 9.17) is 0 Å². The average Bonchev–Trinajstić information content (AvgIpc) is 2.98. The molecule has 2 heterocycles. The Balaban J connectivity index is 2.28. The third-order valence-electron chi connectivity index (χ3n) is 3.85. The van der Waals surface area contributed by atoms with Gasteiger partial charge in [-0.15, -0.1) is 0 Å². The van der Waals surface area contributed by atoms with E-state index in [0.717, 1.165) is 6.20 Å². The largest absolute Gasteiger partial charge is 0.461 e. The Kier molecular flexibility index (Phi) is 4.50. The minimum absolute atomic E-state index is 0.113. The molecular weight excluding hydrogens is 370 g/mol. The van der Waals surface area contributed by atoms with Gasteiger partial charge in [-0.25, -0.2) is 13.7 Å². The number of hydrogen-bond donors (Lipinski definition) is 1. The van der Waals surface area contributed by atoms with Gasteiger partial charge in [-0.2, -0.15) is 18.3 Å². The van der Waals surface area contributed by atoms with Crippen LogP contribution in [0, 0.1) is 12.7 Å². The van der Waals surface area contributed by atoms with Crippen LogP contribution < -0.4 is 5.56 Å². The van der Waals surface area contributed by atoms with Crippen LogP contribution in [0.4, 0.5) is 17.6 Å². The third-order valence-corrected chi connectivity index (χ3v) is 3.85. The van der Waals surface area contributed by atoms with Crippen LogP contribution in [0.1, 0.15) is 28.5 Å². The molecule has 0 saturated carbocycles. The summed E-state index contributed by atoms with van der Waals surface area (Å²) in [5.41, 5.74) is -3.61. The maximum atomic E-state index is 13.5. The van der Waals surface area contributed by atoms with E-state index < -0.39 is 40.3 Å². The second-order valence-electron chi connectivity index (χ2n) is 5.70. The lowest BCUT2D eigenvalue weighted by atomic mass is 10.1. The number of hydrogen-bond acceptors (Lipinski definition) is 4. The number of ether oxygens (including phenoxy) is 1. The van der Waals surface area contributed by atoms with Gasteiger partial charge in [-0.1, -0.05) is 0 Å². The van der Waals surface area contributed by atoms with Crippen molar-refractivity contribution in [1.82, 2.24) is 14.6 Å². The monoisotopic (exact) mass is 383 g/mol. The van der Waals surface area contributed by atoms with Crippen molar-refractivity contribution in [3.8, 4) is 11.3 Å². The molecule has 27 heavy (non-hydrogen) atoms. The van der Waals surface area contributed by atoms with Crippen molar-refractivity contribution in [1.29, 1.82) is 0 Å². The highest BCUT2D eigenvalue weighted by molar-refractivity contribution is 5.91. The van der Waals surface area contributed by atoms with Gasteiger partial charge in [0.25, 0.3) is 5.56 Å². The molecule has 0 spiro atoms. The predicted octanol–water partition coefficient (Wildman–Crippen LogP) is 3.33. The van der Waals surface area contributed by atoms with Gasteiger partial charge >= 0.3 is 12.1 Å². The summed E-state index contributed by atoms with van der Waals surface area (Å²) in [6, 6.07) is 3.95. The van der Waals surface area contributed by atoms with Crippen molar-refractivity contribution in [2.24, 2.45) is 0 Å². The summed E-state index contributed by atoms with van der Waals surface area (Å²) in [6.07, 6.45) is -3.87. The van der Waals surface area contributed by atoms with Crippen LogP contribution in [0.2, 0.25) is 0 Å². The average molecular weight is 383 g/mol. The molecule has 0 radical (unpaired) electrons. The molecule has 0 atom stereocenters. The number of aromatic amines is 1. The van der Waals surface area contributed by atoms with E-state index in [-0.39, 0.29) is 17.9 Å². The van der Waals surface area contributed by atoms with Gasteiger partial charge < -0.3 is 9.72 Å². The van der Waals surface area contributed by atoms with Crippen LogP contribution in [0.3, 0.4) is 0 Å². The van der Waals surface area contributed by atoms with E-state index in [1.165, 1.54) is 32.0 Å². The van der Waals surface area contributed by atoms with E-state index >= 15 is 0 Å². The number of benzene rings is 1. The van der Waals surface area contributed by atoms with Crippen LogP contribution in [0.25, 0.3) is 16.8 Å². The number of esters is 1.